The van der Waals surface area contributed by atoms with Gasteiger partial charge in [0.05, 0.1) is 23.3 Å². The van der Waals surface area contributed by atoms with Crippen LogP contribution in [0.25, 0.3) is 0 Å². The highest BCUT2D eigenvalue weighted by atomic mass is 35.5. The van der Waals surface area contributed by atoms with E-state index in [2.05, 4.69) is 16.6 Å². The van der Waals surface area contributed by atoms with Gasteiger partial charge in [-0.25, -0.2) is 8.42 Å². The minimum atomic E-state index is -3.71. The summed E-state index contributed by atoms with van der Waals surface area (Å²) >= 11 is 5.85. The highest BCUT2D eigenvalue weighted by molar-refractivity contribution is 7.92. The van der Waals surface area contributed by atoms with Crippen molar-refractivity contribution in [3.8, 4) is 17.9 Å². The van der Waals surface area contributed by atoms with E-state index in [1.165, 1.54) is 12.1 Å². The molecule has 0 saturated carbocycles. The quantitative estimate of drug-likeness (QED) is 0.806. The highest BCUT2D eigenvalue weighted by Gasteiger charge is 2.12. The van der Waals surface area contributed by atoms with Crippen molar-refractivity contribution in [2.24, 2.45) is 5.73 Å². The fraction of sp³-hybridized carbons (Fsp3) is 0.182. The Morgan fingerprint density at radius 2 is 2.17 bits per heavy atom. The van der Waals surface area contributed by atoms with Crippen LogP contribution in [0.4, 0.5) is 5.69 Å². The Kier molecular flexibility index (Phi) is 4.99. The Balaban J connectivity index is 3.06. The van der Waals surface area contributed by atoms with Crippen molar-refractivity contribution >= 4 is 27.3 Å². The zero-order valence-electron chi connectivity index (χ0n) is 9.27. The number of nitrogens with zero attached hydrogens (tertiary/aromatic N) is 1. The van der Waals surface area contributed by atoms with E-state index in [4.69, 9.17) is 22.6 Å². The van der Waals surface area contributed by atoms with Crippen molar-refractivity contribution in [2.75, 3.05) is 17.0 Å². The van der Waals surface area contributed by atoms with E-state index < -0.39 is 15.8 Å². The minimum absolute atomic E-state index is 0.190. The lowest BCUT2D eigenvalue weighted by Crippen LogP contribution is -2.15. The van der Waals surface area contributed by atoms with Gasteiger partial charge in [-0.1, -0.05) is 23.4 Å². The number of nitriles is 1. The van der Waals surface area contributed by atoms with Gasteiger partial charge in [-0.15, -0.1) is 0 Å². The third-order valence-corrected chi connectivity index (χ3v) is 3.19. The van der Waals surface area contributed by atoms with Gasteiger partial charge in [-0.3, -0.25) is 4.72 Å². The molecule has 0 fully saturated rings. The van der Waals surface area contributed by atoms with Crippen LogP contribution in [0.5, 0.6) is 0 Å². The van der Waals surface area contributed by atoms with E-state index in [9.17, 15) is 8.42 Å². The Labute approximate surface area is 111 Å². The second kappa shape index (κ2) is 6.27. The Morgan fingerprint density at radius 1 is 1.44 bits per heavy atom. The first-order valence-electron chi connectivity index (χ1n) is 4.84. The highest BCUT2D eigenvalue weighted by Crippen LogP contribution is 2.23. The van der Waals surface area contributed by atoms with Crippen LogP contribution in [0.15, 0.2) is 18.2 Å². The lowest BCUT2D eigenvalue weighted by Gasteiger charge is -2.07. The fourth-order valence-electron chi connectivity index (χ4n) is 1.12. The summed E-state index contributed by atoms with van der Waals surface area (Å²) in [5.74, 6) is 4.76. The van der Waals surface area contributed by atoms with Crippen LogP contribution >= 0.6 is 11.6 Å². The van der Waals surface area contributed by atoms with Crippen molar-refractivity contribution < 1.29 is 8.42 Å². The molecule has 0 amide bonds. The summed E-state index contributed by atoms with van der Waals surface area (Å²) in [5.41, 5.74) is 6.01. The first-order valence-corrected chi connectivity index (χ1v) is 6.87. The lowest BCUT2D eigenvalue weighted by molar-refractivity contribution is 0.604. The predicted molar refractivity (Wildman–Crippen MR) is 70.4 cm³/mol. The summed E-state index contributed by atoms with van der Waals surface area (Å²) in [6, 6.07) is 6.21. The van der Waals surface area contributed by atoms with Crippen LogP contribution in [0.2, 0.25) is 5.02 Å². The van der Waals surface area contributed by atoms with Crippen LogP contribution < -0.4 is 10.5 Å². The molecule has 0 unspecified atom stereocenters. The van der Waals surface area contributed by atoms with Crippen molar-refractivity contribution in [3.63, 3.8) is 0 Å². The second-order valence-corrected chi connectivity index (χ2v) is 5.35. The number of anilines is 1. The average molecular weight is 284 g/mol. The zero-order chi connectivity index (χ0) is 13.6. The molecule has 1 aromatic carbocycles. The Bertz CT molecular complexity index is 638. The van der Waals surface area contributed by atoms with Gasteiger partial charge >= 0.3 is 0 Å². The zero-order valence-corrected chi connectivity index (χ0v) is 10.8. The summed E-state index contributed by atoms with van der Waals surface area (Å²) in [6.45, 7) is 0.206. The second-order valence-electron chi connectivity index (χ2n) is 3.22. The summed E-state index contributed by atoms with van der Waals surface area (Å²) < 4.78 is 25.1. The van der Waals surface area contributed by atoms with E-state index in [-0.39, 0.29) is 17.3 Å². The van der Waals surface area contributed by atoms with Gasteiger partial charge in [0.15, 0.2) is 5.75 Å². The molecule has 0 aliphatic rings. The van der Waals surface area contributed by atoms with Crippen molar-refractivity contribution in [1.29, 1.82) is 5.26 Å². The molecule has 0 bridgehead atoms. The maximum Gasteiger partial charge on any atom is 0.246 e. The third kappa shape index (κ3) is 4.27. The number of rotatable bonds is 3. The van der Waals surface area contributed by atoms with Gasteiger partial charge in [0.25, 0.3) is 0 Å². The predicted octanol–water partition coefficient (Wildman–Crippen LogP) is 0.915. The average Bonchev–Trinajstić information content (AvgIpc) is 2.29. The molecule has 0 aliphatic carbocycles. The van der Waals surface area contributed by atoms with Crippen molar-refractivity contribution in [1.82, 2.24) is 0 Å². The first-order chi connectivity index (χ1) is 8.48. The maximum atomic E-state index is 11.4. The molecule has 18 heavy (non-hydrogen) atoms. The van der Waals surface area contributed by atoms with Crippen molar-refractivity contribution in [2.45, 2.75) is 0 Å². The molecule has 1 rings (SSSR count). The lowest BCUT2D eigenvalue weighted by atomic mass is 10.2. The van der Waals surface area contributed by atoms with Crippen LogP contribution in [-0.4, -0.2) is 20.7 Å². The number of hydrogen-bond donors (Lipinski definition) is 2. The Morgan fingerprint density at radius 3 is 2.78 bits per heavy atom. The van der Waals surface area contributed by atoms with Gasteiger partial charge in [-0.2, -0.15) is 5.26 Å². The summed E-state index contributed by atoms with van der Waals surface area (Å²) in [5, 5.41) is 8.61. The van der Waals surface area contributed by atoms with Gasteiger partial charge in [0.1, 0.15) is 0 Å². The Hall–Kier alpha value is -1.73. The molecule has 94 valence electrons. The van der Waals surface area contributed by atoms with Crippen LogP contribution in [0.3, 0.4) is 0 Å². The van der Waals surface area contributed by atoms with E-state index in [0.717, 1.165) is 0 Å². The molecule has 0 aromatic heterocycles. The maximum absolute atomic E-state index is 11.4. The van der Waals surface area contributed by atoms with Gasteiger partial charge < -0.3 is 5.73 Å². The standard InChI is InChI=1S/C11H10ClN3O2S/c12-10-4-3-9(2-1-5-13)8-11(10)15-18(16,17)7-6-14/h3-4,8,15H,5,7,13H2. The third-order valence-electron chi connectivity index (χ3n) is 1.82. The molecular weight excluding hydrogens is 274 g/mol. The van der Waals surface area contributed by atoms with Gasteiger partial charge in [0, 0.05) is 5.56 Å². The molecule has 0 atom stereocenters. The van der Waals surface area contributed by atoms with E-state index >= 15 is 0 Å². The van der Waals surface area contributed by atoms with Gasteiger partial charge in [0.2, 0.25) is 10.0 Å². The largest absolute Gasteiger partial charge is 0.320 e. The van der Waals surface area contributed by atoms with E-state index in [1.54, 1.807) is 12.1 Å². The number of benzene rings is 1. The fourth-order valence-corrected chi connectivity index (χ4v) is 2.09. The molecular formula is C11H10ClN3O2S. The SMILES string of the molecule is N#CCS(=O)(=O)Nc1cc(C#CCN)ccc1Cl. The molecule has 0 heterocycles. The summed E-state index contributed by atoms with van der Waals surface area (Å²) in [4.78, 5) is 0. The number of halogens is 1. The molecule has 0 spiro atoms. The van der Waals surface area contributed by atoms with Crippen LogP contribution in [-0.2, 0) is 10.0 Å². The molecule has 0 radical (unpaired) electrons. The van der Waals surface area contributed by atoms with Crippen molar-refractivity contribution in [3.05, 3.63) is 28.8 Å². The molecule has 7 heteroatoms. The molecule has 0 saturated heterocycles. The number of nitrogens with one attached hydrogen (secondary N) is 1. The minimum Gasteiger partial charge on any atom is -0.320 e. The monoisotopic (exact) mass is 283 g/mol. The van der Waals surface area contributed by atoms with Crippen LogP contribution in [0, 0.1) is 23.2 Å². The molecule has 3 N–H and O–H groups in total. The summed E-state index contributed by atoms with van der Waals surface area (Å²) in [7, 11) is -3.71. The molecule has 0 aliphatic heterocycles. The van der Waals surface area contributed by atoms with Gasteiger partial charge in [-0.05, 0) is 18.2 Å². The first kappa shape index (κ1) is 14.3. The van der Waals surface area contributed by atoms with Crippen LogP contribution in [0.1, 0.15) is 5.56 Å². The van der Waals surface area contributed by atoms with E-state index in [0.29, 0.717) is 5.56 Å². The number of sulfonamides is 1. The summed E-state index contributed by atoms with van der Waals surface area (Å²) in [6.07, 6.45) is 0. The van der Waals surface area contributed by atoms with E-state index in [1.807, 2.05) is 0 Å². The number of hydrogen-bond acceptors (Lipinski definition) is 4. The molecule has 5 nitrogen and oxygen atoms in total. The molecule has 1 aromatic rings. The smallest absolute Gasteiger partial charge is 0.246 e. The number of nitrogens with two attached hydrogens (primary N) is 1. The topological polar surface area (TPSA) is 96.0 Å². The normalized spacial score (nSPS) is 10.1.